The van der Waals surface area contributed by atoms with Gasteiger partial charge in [0, 0.05) is 12.3 Å². The smallest absolute Gasteiger partial charge is 0.309 e. The van der Waals surface area contributed by atoms with E-state index in [-0.39, 0.29) is 24.0 Å². The van der Waals surface area contributed by atoms with Crippen molar-refractivity contribution >= 4 is 34.7 Å². The first-order valence-corrected chi connectivity index (χ1v) is 9.43. The molecule has 0 amide bonds. The Morgan fingerprint density at radius 1 is 1.24 bits per heavy atom. The highest BCUT2D eigenvalue weighted by Crippen LogP contribution is 2.34. The Morgan fingerprint density at radius 3 is 2.55 bits per heavy atom. The lowest BCUT2D eigenvalue weighted by Crippen LogP contribution is -2.45. The third-order valence-electron chi connectivity index (χ3n) is 4.77. The minimum Gasteiger partial charge on any atom is -0.451 e. The molecule has 4 atom stereocenters. The van der Waals surface area contributed by atoms with Crippen molar-refractivity contribution in [3.05, 3.63) is 6.33 Å². The normalized spacial score (nSPS) is 23.1. The van der Waals surface area contributed by atoms with E-state index < -0.39 is 42.3 Å². The largest absolute Gasteiger partial charge is 0.451 e. The van der Waals surface area contributed by atoms with Gasteiger partial charge < -0.3 is 26.0 Å². The molecule has 3 rings (SSSR count). The number of aliphatic hydroxyl groups excluding tert-OH is 1. The lowest BCUT2D eigenvalue weighted by atomic mass is 9.96. The molecule has 5 N–H and O–H groups in total. The van der Waals surface area contributed by atoms with E-state index >= 15 is 0 Å². The van der Waals surface area contributed by atoms with Gasteiger partial charge in [0.25, 0.3) is 0 Å². The van der Waals surface area contributed by atoms with Gasteiger partial charge in [0.1, 0.15) is 17.8 Å². The second-order valence-corrected chi connectivity index (χ2v) is 7.72. The number of ether oxygens (including phenoxy) is 2. The van der Waals surface area contributed by atoms with E-state index in [0.717, 1.165) is 0 Å². The van der Waals surface area contributed by atoms with Crippen molar-refractivity contribution in [3.8, 4) is 0 Å². The molecule has 158 valence electrons. The van der Waals surface area contributed by atoms with Gasteiger partial charge in [-0.25, -0.2) is 4.98 Å². The molecule has 0 spiro atoms. The van der Waals surface area contributed by atoms with Gasteiger partial charge in [-0.05, 0) is 0 Å². The molecule has 0 saturated carbocycles. The van der Waals surface area contributed by atoms with E-state index in [1.807, 2.05) is 0 Å². The van der Waals surface area contributed by atoms with Crippen LogP contribution in [-0.4, -0.2) is 54.7 Å². The van der Waals surface area contributed by atoms with Gasteiger partial charge in [0.15, 0.2) is 23.4 Å². The van der Waals surface area contributed by atoms with Crippen LogP contribution in [-0.2, 0) is 19.1 Å². The third kappa shape index (κ3) is 4.01. The minimum absolute atomic E-state index is 0.0226. The SMILES string of the molecule is CC(C)C(=O)OC(C(=O)C(C)C)[C@H]1O[C@@H](n2cnc3c(N)nc(N)nc32)C[C@@H]1O. The van der Waals surface area contributed by atoms with E-state index in [9.17, 15) is 14.7 Å². The number of rotatable bonds is 6. The Labute approximate surface area is 167 Å². The Balaban J connectivity index is 1.90. The van der Waals surface area contributed by atoms with Gasteiger partial charge in [-0.15, -0.1) is 0 Å². The zero-order chi connectivity index (χ0) is 21.5. The molecule has 0 radical (unpaired) electrons. The van der Waals surface area contributed by atoms with Crippen LogP contribution < -0.4 is 11.5 Å². The lowest BCUT2D eigenvalue weighted by molar-refractivity contribution is -0.173. The van der Waals surface area contributed by atoms with Crippen LogP contribution in [0.2, 0.25) is 0 Å². The number of imidazole rings is 1. The Bertz CT molecular complexity index is 927. The molecule has 0 bridgehead atoms. The van der Waals surface area contributed by atoms with Gasteiger partial charge >= 0.3 is 5.97 Å². The summed E-state index contributed by atoms with van der Waals surface area (Å²) < 4.78 is 12.9. The Hall–Kier alpha value is -2.79. The van der Waals surface area contributed by atoms with Crippen molar-refractivity contribution in [1.29, 1.82) is 0 Å². The molecule has 2 aromatic heterocycles. The molecule has 3 heterocycles. The summed E-state index contributed by atoms with van der Waals surface area (Å²) >= 11 is 0. The molecule has 0 aliphatic carbocycles. The topological polar surface area (TPSA) is 168 Å². The summed E-state index contributed by atoms with van der Waals surface area (Å²) in [4.78, 5) is 37.0. The standard InChI is InChI=1S/C18H26N6O5/c1-7(2)12(26)14(29-17(27)8(3)4)13-9(25)5-10(28-13)24-6-21-11-15(19)22-18(20)23-16(11)24/h6-10,13-14,25H,5H2,1-4H3,(H4,19,20,22,23)/t9-,10+,13-,14?/m0/s1. The van der Waals surface area contributed by atoms with Gasteiger partial charge in [0.05, 0.1) is 18.3 Å². The Kier molecular flexibility index (Phi) is 5.71. The van der Waals surface area contributed by atoms with Crippen LogP contribution >= 0.6 is 0 Å². The number of anilines is 2. The second-order valence-electron chi connectivity index (χ2n) is 7.72. The van der Waals surface area contributed by atoms with Crippen molar-refractivity contribution < 1.29 is 24.2 Å². The molecule has 1 aliphatic heterocycles. The summed E-state index contributed by atoms with van der Waals surface area (Å²) in [5.74, 6) is -1.59. The van der Waals surface area contributed by atoms with Gasteiger partial charge in [-0.3, -0.25) is 14.2 Å². The van der Waals surface area contributed by atoms with Crippen LogP contribution in [0.5, 0.6) is 0 Å². The monoisotopic (exact) mass is 406 g/mol. The summed E-state index contributed by atoms with van der Waals surface area (Å²) in [5.41, 5.74) is 12.2. The van der Waals surface area contributed by atoms with Crippen LogP contribution in [0, 0.1) is 11.8 Å². The van der Waals surface area contributed by atoms with Crippen LogP contribution in [0.4, 0.5) is 11.8 Å². The predicted octanol–water partition coefficient (Wildman–Crippen LogP) is 0.432. The molecule has 1 unspecified atom stereocenters. The molecule has 1 aliphatic rings. The number of Topliss-reactive ketones (excluding diaryl/α,β-unsaturated/α-hetero) is 1. The number of fused-ring (bicyclic) bond motifs is 1. The molecule has 29 heavy (non-hydrogen) atoms. The number of esters is 1. The first-order valence-electron chi connectivity index (χ1n) is 9.43. The Morgan fingerprint density at radius 2 is 1.93 bits per heavy atom. The highest BCUT2D eigenvalue weighted by atomic mass is 16.6. The number of hydrogen-bond acceptors (Lipinski definition) is 10. The quantitative estimate of drug-likeness (QED) is 0.572. The van der Waals surface area contributed by atoms with Gasteiger partial charge in [-0.2, -0.15) is 9.97 Å². The van der Waals surface area contributed by atoms with E-state index in [0.29, 0.717) is 11.2 Å². The van der Waals surface area contributed by atoms with E-state index in [4.69, 9.17) is 20.9 Å². The maximum atomic E-state index is 12.7. The van der Waals surface area contributed by atoms with Crippen molar-refractivity contribution in [1.82, 2.24) is 19.5 Å². The molecule has 11 heteroatoms. The number of nitrogen functional groups attached to an aromatic ring is 2. The fourth-order valence-corrected chi connectivity index (χ4v) is 3.16. The molecular weight excluding hydrogens is 380 g/mol. The summed E-state index contributed by atoms with van der Waals surface area (Å²) in [6.45, 7) is 6.73. The average Bonchev–Trinajstić information content (AvgIpc) is 3.22. The predicted molar refractivity (Wildman–Crippen MR) is 103 cm³/mol. The van der Waals surface area contributed by atoms with E-state index in [1.54, 1.807) is 32.3 Å². The van der Waals surface area contributed by atoms with Gasteiger partial charge in [-0.1, -0.05) is 27.7 Å². The summed E-state index contributed by atoms with van der Waals surface area (Å²) in [6, 6.07) is 0. The highest BCUT2D eigenvalue weighted by molar-refractivity contribution is 5.88. The van der Waals surface area contributed by atoms with Crippen molar-refractivity contribution in [3.63, 3.8) is 0 Å². The minimum atomic E-state index is -1.22. The van der Waals surface area contributed by atoms with Crippen LogP contribution in [0.1, 0.15) is 40.3 Å². The van der Waals surface area contributed by atoms with E-state index in [2.05, 4.69) is 15.0 Å². The van der Waals surface area contributed by atoms with Crippen molar-refractivity contribution in [2.24, 2.45) is 11.8 Å². The first-order chi connectivity index (χ1) is 13.6. The van der Waals surface area contributed by atoms with Crippen LogP contribution in [0.3, 0.4) is 0 Å². The summed E-state index contributed by atoms with van der Waals surface area (Å²) in [6.07, 6.45) is -2.39. The first kappa shape index (κ1) is 20.9. The molecule has 1 fully saturated rings. The summed E-state index contributed by atoms with van der Waals surface area (Å²) in [5, 5.41) is 10.6. The van der Waals surface area contributed by atoms with Crippen molar-refractivity contribution in [2.75, 3.05) is 11.5 Å². The zero-order valence-corrected chi connectivity index (χ0v) is 16.8. The number of carbonyl (C=O) groups excluding carboxylic acids is 2. The molecule has 2 aromatic rings. The molecule has 0 aromatic carbocycles. The molecule has 11 nitrogen and oxygen atoms in total. The van der Waals surface area contributed by atoms with Crippen molar-refractivity contribution in [2.45, 2.75) is 58.7 Å². The number of nitrogens with two attached hydrogens (primary N) is 2. The molecule has 1 saturated heterocycles. The fraction of sp³-hybridized carbons (Fsp3) is 0.611. The van der Waals surface area contributed by atoms with E-state index in [1.165, 1.54) is 6.33 Å². The highest BCUT2D eigenvalue weighted by Gasteiger charge is 2.46. The van der Waals surface area contributed by atoms with Crippen LogP contribution in [0.25, 0.3) is 11.2 Å². The fourth-order valence-electron chi connectivity index (χ4n) is 3.16. The number of nitrogens with zero attached hydrogens (tertiary/aromatic N) is 4. The average molecular weight is 406 g/mol. The maximum Gasteiger partial charge on any atom is 0.309 e. The number of carbonyl (C=O) groups is 2. The van der Waals surface area contributed by atoms with Gasteiger partial charge in [0.2, 0.25) is 5.95 Å². The summed E-state index contributed by atoms with van der Waals surface area (Å²) in [7, 11) is 0. The number of aliphatic hydroxyl groups is 1. The lowest BCUT2D eigenvalue weighted by Gasteiger charge is -2.26. The number of ketones is 1. The third-order valence-corrected chi connectivity index (χ3v) is 4.77. The molecular formula is C18H26N6O5. The van der Waals surface area contributed by atoms with Crippen LogP contribution in [0.15, 0.2) is 6.33 Å². The number of hydrogen-bond donors (Lipinski definition) is 3. The second kappa shape index (κ2) is 7.91. The zero-order valence-electron chi connectivity index (χ0n) is 16.8. The number of aromatic nitrogens is 4. The maximum absolute atomic E-state index is 12.7.